The summed E-state index contributed by atoms with van der Waals surface area (Å²) in [5.74, 6) is 1.96. The number of urea groups is 1. The van der Waals surface area contributed by atoms with Crippen molar-refractivity contribution < 1.29 is 9.53 Å². The maximum absolute atomic E-state index is 12.6. The molecule has 27 heavy (non-hydrogen) atoms. The number of amides is 2. The molecule has 2 aromatic carbocycles. The van der Waals surface area contributed by atoms with Crippen molar-refractivity contribution in [3.05, 3.63) is 60.2 Å². The molecule has 2 fully saturated rings. The Morgan fingerprint density at radius 2 is 1.81 bits per heavy atom. The Labute approximate surface area is 160 Å². The second-order valence-corrected chi connectivity index (χ2v) is 7.62. The van der Waals surface area contributed by atoms with Gasteiger partial charge in [-0.05, 0) is 42.4 Å². The average molecular weight is 365 g/mol. The van der Waals surface area contributed by atoms with E-state index in [4.69, 9.17) is 4.74 Å². The molecule has 5 nitrogen and oxygen atoms in total. The van der Waals surface area contributed by atoms with E-state index in [1.807, 2.05) is 29.2 Å². The van der Waals surface area contributed by atoms with Gasteiger partial charge in [-0.3, -0.25) is 0 Å². The molecule has 0 spiro atoms. The smallest absolute Gasteiger partial charge is 0.321 e. The molecule has 2 atom stereocenters. The Bertz CT molecular complexity index is 766. The fourth-order valence-electron chi connectivity index (χ4n) is 4.39. The van der Waals surface area contributed by atoms with Crippen molar-refractivity contribution in [2.75, 3.05) is 25.5 Å². The third-order valence-electron chi connectivity index (χ3n) is 5.80. The van der Waals surface area contributed by atoms with E-state index < -0.39 is 0 Å². The molecule has 2 aliphatic rings. The maximum Gasteiger partial charge on any atom is 0.321 e. The van der Waals surface area contributed by atoms with Crippen LogP contribution in [0.5, 0.6) is 5.75 Å². The van der Waals surface area contributed by atoms with Gasteiger partial charge in [-0.1, -0.05) is 36.4 Å². The van der Waals surface area contributed by atoms with Gasteiger partial charge in [-0.25, -0.2) is 4.79 Å². The Kier molecular flexibility index (Phi) is 5.30. The molecule has 0 radical (unpaired) electrons. The predicted octanol–water partition coefficient (Wildman–Crippen LogP) is 3.73. The first-order valence-corrected chi connectivity index (χ1v) is 9.68. The summed E-state index contributed by atoms with van der Waals surface area (Å²) >= 11 is 0. The molecule has 2 amide bonds. The van der Waals surface area contributed by atoms with Crippen LogP contribution in [0.1, 0.15) is 18.4 Å². The van der Waals surface area contributed by atoms with Crippen molar-refractivity contribution in [3.63, 3.8) is 0 Å². The number of benzene rings is 2. The summed E-state index contributed by atoms with van der Waals surface area (Å²) in [7, 11) is 1.63. The Morgan fingerprint density at radius 3 is 2.52 bits per heavy atom. The molecule has 2 N–H and O–H groups in total. The molecule has 4 rings (SSSR count). The fourth-order valence-corrected chi connectivity index (χ4v) is 4.39. The highest BCUT2D eigenvalue weighted by atomic mass is 16.5. The number of rotatable bonds is 5. The lowest BCUT2D eigenvalue weighted by Gasteiger charge is -2.20. The molecule has 0 aromatic heterocycles. The first kappa shape index (κ1) is 17.9. The van der Waals surface area contributed by atoms with Crippen LogP contribution in [0, 0.1) is 11.8 Å². The zero-order valence-corrected chi connectivity index (χ0v) is 15.7. The van der Waals surface area contributed by atoms with Gasteiger partial charge in [0.15, 0.2) is 0 Å². The second-order valence-electron chi connectivity index (χ2n) is 7.62. The van der Waals surface area contributed by atoms with Gasteiger partial charge >= 0.3 is 6.03 Å². The molecule has 2 unspecified atom stereocenters. The van der Waals surface area contributed by atoms with Gasteiger partial charge in [-0.15, -0.1) is 0 Å². The number of ether oxygens (including phenoxy) is 1. The van der Waals surface area contributed by atoms with E-state index >= 15 is 0 Å². The van der Waals surface area contributed by atoms with Crippen LogP contribution < -0.4 is 15.4 Å². The molecule has 1 heterocycles. The topological polar surface area (TPSA) is 53.6 Å². The zero-order valence-electron chi connectivity index (χ0n) is 15.7. The SMILES string of the molecule is COc1cccc(NC(=O)N2CC3CC(NCc4ccccc4)CC3C2)c1. The molecule has 142 valence electrons. The van der Waals surface area contributed by atoms with E-state index in [0.29, 0.717) is 17.9 Å². The van der Waals surface area contributed by atoms with E-state index in [-0.39, 0.29) is 6.03 Å². The van der Waals surface area contributed by atoms with Crippen LogP contribution in [-0.2, 0) is 6.54 Å². The van der Waals surface area contributed by atoms with Gasteiger partial charge in [-0.2, -0.15) is 0 Å². The Hall–Kier alpha value is -2.53. The van der Waals surface area contributed by atoms with Crippen LogP contribution in [-0.4, -0.2) is 37.2 Å². The van der Waals surface area contributed by atoms with Crippen molar-refractivity contribution in [1.82, 2.24) is 10.2 Å². The number of fused-ring (bicyclic) bond motifs is 1. The molecule has 1 aliphatic heterocycles. The van der Waals surface area contributed by atoms with Crippen LogP contribution in [0.3, 0.4) is 0 Å². The first-order valence-electron chi connectivity index (χ1n) is 9.68. The van der Waals surface area contributed by atoms with Crippen LogP contribution in [0.15, 0.2) is 54.6 Å². The number of methoxy groups -OCH3 is 1. The maximum atomic E-state index is 12.6. The standard InChI is InChI=1S/C22H27N3O2/c1-27-21-9-5-8-19(12-21)24-22(26)25-14-17-10-20(11-18(17)15-25)23-13-16-6-3-2-4-7-16/h2-9,12,17-18,20,23H,10-11,13-15H2,1H3,(H,24,26). The lowest BCUT2D eigenvalue weighted by atomic mass is 10.0. The molecule has 5 heteroatoms. The third-order valence-corrected chi connectivity index (χ3v) is 5.80. The minimum Gasteiger partial charge on any atom is -0.497 e. The minimum atomic E-state index is -0.00792. The Balaban J connectivity index is 1.26. The molecular formula is C22H27N3O2. The largest absolute Gasteiger partial charge is 0.497 e. The summed E-state index contributed by atoms with van der Waals surface area (Å²) in [4.78, 5) is 14.6. The number of nitrogens with one attached hydrogen (secondary N) is 2. The first-order chi connectivity index (χ1) is 13.2. The molecule has 2 aromatic rings. The number of likely N-dealkylation sites (tertiary alicyclic amines) is 1. The number of hydrogen-bond donors (Lipinski definition) is 2. The van der Waals surface area contributed by atoms with E-state index in [1.165, 1.54) is 5.56 Å². The zero-order chi connectivity index (χ0) is 18.6. The van der Waals surface area contributed by atoms with Crippen LogP contribution in [0.25, 0.3) is 0 Å². The van der Waals surface area contributed by atoms with Gasteiger partial charge in [0.25, 0.3) is 0 Å². The van der Waals surface area contributed by atoms with Crippen LogP contribution in [0.4, 0.5) is 10.5 Å². The van der Waals surface area contributed by atoms with Gasteiger partial charge < -0.3 is 20.3 Å². The number of anilines is 1. The van der Waals surface area contributed by atoms with Crippen molar-refractivity contribution in [2.24, 2.45) is 11.8 Å². The van der Waals surface area contributed by atoms with Crippen LogP contribution in [0.2, 0.25) is 0 Å². The third kappa shape index (κ3) is 4.25. The highest BCUT2D eigenvalue weighted by Gasteiger charge is 2.42. The van der Waals surface area contributed by atoms with Gasteiger partial charge in [0.2, 0.25) is 0 Å². The van der Waals surface area contributed by atoms with Crippen molar-refractivity contribution >= 4 is 11.7 Å². The van der Waals surface area contributed by atoms with E-state index in [1.54, 1.807) is 7.11 Å². The highest BCUT2D eigenvalue weighted by Crippen LogP contribution is 2.38. The Morgan fingerprint density at radius 1 is 1.07 bits per heavy atom. The number of carbonyl (C=O) groups is 1. The monoisotopic (exact) mass is 365 g/mol. The van der Waals surface area contributed by atoms with E-state index in [9.17, 15) is 4.79 Å². The molecular weight excluding hydrogens is 338 g/mol. The van der Waals surface area contributed by atoms with Gasteiger partial charge in [0.05, 0.1) is 7.11 Å². The summed E-state index contributed by atoms with van der Waals surface area (Å²) in [6.07, 6.45) is 2.31. The minimum absolute atomic E-state index is 0.00792. The van der Waals surface area contributed by atoms with E-state index in [0.717, 1.165) is 43.9 Å². The van der Waals surface area contributed by atoms with Gasteiger partial charge in [0.1, 0.15) is 5.75 Å². The van der Waals surface area contributed by atoms with Crippen LogP contribution >= 0.6 is 0 Å². The second kappa shape index (κ2) is 8.01. The van der Waals surface area contributed by atoms with Crippen molar-refractivity contribution in [3.8, 4) is 5.75 Å². The summed E-state index contributed by atoms with van der Waals surface area (Å²) in [5.41, 5.74) is 2.10. The number of carbonyl (C=O) groups excluding carboxylic acids is 1. The quantitative estimate of drug-likeness (QED) is 0.849. The lowest BCUT2D eigenvalue weighted by Crippen LogP contribution is -2.35. The summed E-state index contributed by atoms with van der Waals surface area (Å²) in [5, 5.41) is 6.69. The molecule has 1 saturated heterocycles. The molecule has 1 saturated carbocycles. The molecule has 1 aliphatic carbocycles. The number of hydrogen-bond acceptors (Lipinski definition) is 3. The highest BCUT2D eigenvalue weighted by molar-refractivity contribution is 5.89. The lowest BCUT2D eigenvalue weighted by molar-refractivity contribution is 0.218. The van der Waals surface area contributed by atoms with Crippen molar-refractivity contribution in [1.29, 1.82) is 0 Å². The predicted molar refractivity (Wildman–Crippen MR) is 107 cm³/mol. The average Bonchev–Trinajstić information content (AvgIpc) is 3.26. The number of nitrogens with zero attached hydrogens (tertiary/aromatic N) is 1. The molecule has 0 bridgehead atoms. The summed E-state index contributed by atoms with van der Waals surface area (Å²) < 4.78 is 5.22. The van der Waals surface area contributed by atoms with E-state index in [2.05, 4.69) is 41.0 Å². The normalized spacial score (nSPS) is 23.9. The summed E-state index contributed by atoms with van der Waals surface area (Å²) in [6.45, 7) is 2.62. The van der Waals surface area contributed by atoms with Crippen molar-refractivity contribution in [2.45, 2.75) is 25.4 Å². The fraction of sp³-hybridized carbons (Fsp3) is 0.409. The van der Waals surface area contributed by atoms with Gasteiger partial charge in [0, 0.05) is 37.4 Å². The summed E-state index contributed by atoms with van der Waals surface area (Å²) in [6, 6.07) is 18.6.